The molecule has 1 aromatic carbocycles. The first-order valence-corrected chi connectivity index (χ1v) is 8.73. The van der Waals surface area contributed by atoms with Crippen molar-refractivity contribution in [2.24, 2.45) is 5.92 Å². The van der Waals surface area contributed by atoms with E-state index in [0.717, 1.165) is 6.42 Å². The number of carbonyl (C=O) groups excluding carboxylic acids is 2. The molecule has 148 valence electrons. The monoisotopic (exact) mass is 374 g/mol. The first-order chi connectivity index (χ1) is 12.8. The second kappa shape index (κ2) is 10.8. The Morgan fingerprint density at radius 1 is 1.15 bits per heavy atom. The molecule has 0 amide bonds. The molecule has 0 radical (unpaired) electrons. The van der Waals surface area contributed by atoms with Crippen molar-refractivity contribution in [3.8, 4) is 0 Å². The predicted octanol–water partition coefficient (Wildman–Crippen LogP) is 1.68. The van der Waals surface area contributed by atoms with Gasteiger partial charge in [-0.2, -0.15) is 0 Å². The highest BCUT2D eigenvalue weighted by Crippen LogP contribution is 2.32. The molecule has 0 fully saturated rings. The Morgan fingerprint density at radius 3 is 2.15 bits per heavy atom. The fourth-order valence-electron chi connectivity index (χ4n) is 3.08. The molecule has 1 aliphatic rings. The smallest absolute Gasteiger partial charge is 0.222 e. The van der Waals surface area contributed by atoms with Gasteiger partial charge in [-0.1, -0.05) is 61.6 Å². The molecule has 2 unspecified atom stereocenters. The van der Waals surface area contributed by atoms with Crippen molar-refractivity contribution >= 4 is 11.8 Å². The van der Waals surface area contributed by atoms with E-state index in [4.69, 9.17) is 9.47 Å². The summed E-state index contributed by atoms with van der Waals surface area (Å²) in [6.45, 7) is 1.99. The molecule has 0 heterocycles. The van der Waals surface area contributed by atoms with Crippen LogP contribution in [0, 0.1) is 5.92 Å². The number of carboxylic acids is 1. The van der Waals surface area contributed by atoms with Gasteiger partial charge in [0.05, 0.1) is 11.5 Å². The summed E-state index contributed by atoms with van der Waals surface area (Å²) < 4.78 is 9.69. The van der Waals surface area contributed by atoms with Gasteiger partial charge in [0.25, 0.3) is 0 Å². The normalized spacial score (nSPS) is 21.1. The molecule has 0 spiro atoms. The zero-order valence-corrected chi connectivity index (χ0v) is 16.5. The largest absolute Gasteiger partial charge is 0.549 e. The molecule has 1 aromatic rings. The highest BCUT2D eigenvalue weighted by Gasteiger charge is 2.37. The maximum absolute atomic E-state index is 11.6. The number of likely N-dealkylation sites (N-methyl/N-ethyl adjacent to an activating group) is 1. The van der Waals surface area contributed by atoms with Crippen LogP contribution in [0.25, 0.3) is 0 Å². The van der Waals surface area contributed by atoms with Crippen molar-refractivity contribution in [1.29, 1.82) is 0 Å². The zero-order chi connectivity index (χ0) is 20.4. The third kappa shape index (κ3) is 5.60. The number of allylic oxidation sites excluding steroid dienone is 2. The Balaban J connectivity index is 0.000000271. The van der Waals surface area contributed by atoms with Gasteiger partial charge in [0.1, 0.15) is 0 Å². The molecular weight excluding hydrogens is 346 g/mol. The second-order valence-electron chi connectivity index (χ2n) is 6.31. The van der Waals surface area contributed by atoms with Crippen LogP contribution in [0.2, 0.25) is 0 Å². The van der Waals surface area contributed by atoms with Crippen molar-refractivity contribution < 1.29 is 24.2 Å². The first-order valence-electron chi connectivity index (χ1n) is 8.73. The van der Waals surface area contributed by atoms with Gasteiger partial charge in [-0.15, -0.1) is 0 Å². The lowest BCUT2D eigenvalue weighted by atomic mass is 9.77. The predicted molar refractivity (Wildman–Crippen MR) is 102 cm³/mol. The molecule has 6 nitrogen and oxygen atoms in total. The van der Waals surface area contributed by atoms with E-state index in [0.29, 0.717) is 5.56 Å². The number of ether oxygens (including phenoxy) is 2. The number of carbonyl (C=O) groups is 2. The average molecular weight is 374 g/mol. The molecule has 0 saturated carbocycles. The van der Waals surface area contributed by atoms with E-state index in [9.17, 15) is 14.7 Å². The Labute approximate surface area is 161 Å². The summed E-state index contributed by atoms with van der Waals surface area (Å²) in [6, 6.07) is 8.91. The Hall–Kier alpha value is -2.28. The topological polar surface area (TPSA) is 78.9 Å². The highest BCUT2D eigenvalue weighted by molar-refractivity contribution is 5.98. The fraction of sp³-hybridized carbons (Fsp3) is 0.429. The van der Waals surface area contributed by atoms with Crippen LogP contribution in [-0.4, -0.2) is 56.8 Å². The molecule has 1 aliphatic carbocycles. The van der Waals surface area contributed by atoms with Gasteiger partial charge in [-0.05, 0) is 20.5 Å². The summed E-state index contributed by atoms with van der Waals surface area (Å²) in [5.41, 5.74) is 0.157. The van der Waals surface area contributed by atoms with Crippen molar-refractivity contribution in [2.45, 2.75) is 25.2 Å². The van der Waals surface area contributed by atoms with E-state index in [1.54, 1.807) is 36.4 Å². The SMILES string of the molecule is CCC1(N(C)C)C=CC=CC1C(=O)[O-].COC(OC)C(=O)c1ccccc1. The summed E-state index contributed by atoms with van der Waals surface area (Å²) >= 11 is 0. The molecule has 2 rings (SSSR count). The third-order valence-electron chi connectivity index (χ3n) is 4.69. The number of hydrogen-bond acceptors (Lipinski definition) is 6. The lowest BCUT2D eigenvalue weighted by molar-refractivity contribution is -0.312. The molecule has 0 aromatic heterocycles. The lowest BCUT2D eigenvalue weighted by Gasteiger charge is -2.43. The number of nitrogens with zero attached hydrogens (tertiary/aromatic N) is 1. The Morgan fingerprint density at radius 2 is 1.74 bits per heavy atom. The summed E-state index contributed by atoms with van der Waals surface area (Å²) in [7, 11) is 6.66. The zero-order valence-electron chi connectivity index (χ0n) is 16.5. The van der Waals surface area contributed by atoms with Crippen molar-refractivity contribution in [3.63, 3.8) is 0 Å². The molecule has 0 N–H and O–H groups in total. The minimum absolute atomic E-state index is 0.161. The lowest BCUT2D eigenvalue weighted by Crippen LogP contribution is -2.54. The maximum atomic E-state index is 11.6. The van der Waals surface area contributed by atoms with Crippen molar-refractivity contribution in [3.05, 3.63) is 60.2 Å². The number of rotatable bonds is 7. The minimum atomic E-state index is -1.01. The van der Waals surface area contributed by atoms with Gasteiger partial charge in [0.2, 0.25) is 12.1 Å². The van der Waals surface area contributed by atoms with E-state index in [2.05, 4.69) is 0 Å². The number of carboxylic acid groups (broad SMARTS) is 1. The highest BCUT2D eigenvalue weighted by atomic mass is 16.7. The average Bonchev–Trinajstić information content (AvgIpc) is 2.69. The number of benzene rings is 1. The number of aliphatic carboxylic acids is 1. The van der Waals surface area contributed by atoms with Crippen molar-refractivity contribution in [1.82, 2.24) is 4.90 Å². The van der Waals surface area contributed by atoms with Crippen LogP contribution in [0.4, 0.5) is 0 Å². The van der Waals surface area contributed by atoms with Gasteiger partial charge in [-0.25, -0.2) is 0 Å². The molecule has 0 bridgehead atoms. The quantitative estimate of drug-likeness (QED) is 0.534. The number of Topliss-reactive ketones (excluding diaryl/α,β-unsaturated/α-hetero) is 1. The fourth-order valence-corrected chi connectivity index (χ4v) is 3.08. The van der Waals surface area contributed by atoms with Gasteiger partial charge in [-0.3, -0.25) is 9.69 Å². The van der Waals surface area contributed by atoms with Gasteiger partial charge in [0, 0.05) is 25.7 Å². The summed E-state index contributed by atoms with van der Waals surface area (Å²) in [5.74, 6) is -1.74. The maximum Gasteiger partial charge on any atom is 0.222 e. The Bertz CT molecular complexity index is 664. The van der Waals surface area contributed by atoms with Crippen LogP contribution in [-0.2, 0) is 14.3 Å². The summed E-state index contributed by atoms with van der Waals surface area (Å²) in [5, 5.41) is 11.0. The van der Waals surface area contributed by atoms with Gasteiger partial charge in [0.15, 0.2) is 0 Å². The van der Waals surface area contributed by atoms with E-state index < -0.39 is 23.7 Å². The van der Waals surface area contributed by atoms with E-state index in [-0.39, 0.29) is 5.78 Å². The second-order valence-corrected chi connectivity index (χ2v) is 6.31. The first kappa shape index (κ1) is 22.8. The van der Waals surface area contributed by atoms with Crippen LogP contribution in [0.15, 0.2) is 54.6 Å². The number of ketones is 1. The van der Waals surface area contributed by atoms with Crippen molar-refractivity contribution in [2.75, 3.05) is 28.3 Å². The third-order valence-corrected chi connectivity index (χ3v) is 4.69. The van der Waals surface area contributed by atoms with Crippen LogP contribution in [0.3, 0.4) is 0 Å². The number of hydrogen-bond donors (Lipinski definition) is 0. The van der Waals surface area contributed by atoms with Crippen LogP contribution in [0.5, 0.6) is 0 Å². The van der Waals surface area contributed by atoms with E-state index in [1.165, 1.54) is 14.2 Å². The molecule has 2 atom stereocenters. The molecule has 27 heavy (non-hydrogen) atoms. The number of methoxy groups -OCH3 is 2. The van der Waals surface area contributed by atoms with Gasteiger partial charge < -0.3 is 19.4 Å². The Kier molecular flexibility index (Phi) is 9.08. The molecule has 0 aliphatic heterocycles. The summed E-state index contributed by atoms with van der Waals surface area (Å²) in [4.78, 5) is 24.5. The van der Waals surface area contributed by atoms with E-state index in [1.807, 2.05) is 44.1 Å². The van der Waals surface area contributed by atoms with Crippen LogP contribution < -0.4 is 5.11 Å². The molecular formula is C21H28NO5-. The van der Waals surface area contributed by atoms with E-state index >= 15 is 0 Å². The molecule has 0 saturated heterocycles. The molecule has 6 heteroatoms. The van der Waals surface area contributed by atoms with Crippen LogP contribution >= 0.6 is 0 Å². The van der Waals surface area contributed by atoms with Gasteiger partial charge >= 0.3 is 0 Å². The standard InChI is InChI=1S/C11H17NO2.C10H12O3/c1-4-11(12(2)3)8-6-5-7-9(11)10(13)14;1-12-10(13-2)9(11)8-6-4-3-5-7-8/h5-9H,4H2,1-3H3,(H,13,14);3-7,10H,1-2H3/p-1. The minimum Gasteiger partial charge on any atom is -0.549 e. The summed E-state index contributed by atoms with van der Waals surface area (Å²) in [6.07, 6.45) is 7.23. The van der Waals surface area contributed by atoms with Crippen LogP contribution in [0.1, 0.15) is 23.7 Å².